The third-order valence-corrected chi connectivity index (χ3v) is 8.96. The van der Waals surface area contributed by atoms with Crippen molar-refractivity contribution in [2.75, 3.05) is 5.32 Å². The van der Waals surface area contributed by atoms with Crippen molar-refractivity contribution in [3.05, 3.63) is 63.7 Å². The second kappa shape index (κ2) is 11.6. The predicted octanol–water partition coefficient (Wildman–Crippen LogP) is 7.48. The lowest BCUT2D eigenvalue weighted by Crippen LogP contribution is -2.42. The molecule has 0 atom stereocenters. The normalized spacial score (nSPS) is 19.9. The monoisotopic (exact) mass is 589 g/mol. The van der Waals surface area contributed by atoms with Gasteiger partial charge in [-0.25, -0.2) is 14.8 Å². The second-order valence-corrected chi connectivity index (χ2v) is 11.5. The van der Waals surface area contributed by atoms with E-state index in [0.717, 1.165) is 4.90 Å². The summed E-state index contributed by atoms with van der Waals surface area (Å²) in [6.07, 6.45) is -2.24. The van der Waals surface area contributed by atoms with Gasteiger partial charge in [-0.05, 0) is 49.9 Å². The summed E-state index contributed by atoms with van der Waals surface area (Å²) in [6, 6.07) is 10.4. The molecule has 0 unspecified atom stereocenters. The predicted molar refractivity (Wildman–Crippen MR) is 137 cm³/mol. The van der Waals surface area contributed by atoms with Crippen molar-refractivity contribution in [2.45, 2.75) is 48.4 Å². The van der Waals surface area contributed by atoms with Crippen LogP contribution >= 0.6 is 46.3 Å². The minimum absolute atomic E-state index is 0.0136. The highest BCUT2D eigenvalue weighted by Crippen LogP contribution is 2.47. The van der Waals surface area contributed by atoms with Crippen molar-refractivity contribution in [3.8, 4) is 0 Å². The van der Waals surface area contributed by atoms with Crippen LogP contribution in [-0.2, 0) is 20.7 Å². The number of benzene rings is 1. The Morgan fingerprint density at radius 2 is 1.89 bits per heavy atom. The smallest absolute Gasteiger partial charge is 0.386 e. The minimum Gasteiger partial charge on any atom is -0.386 e. The molecule has 0 saturated heterocycles. The number of aromatic nitrogens is 2. The van der Waals surface area contributed by atoms with Gasteiger partial charge in [0.05, 0.1) is 15.5 Å². The molecule has 13 heteroatoms. The number of hydrogen-bond acceptors (Lipinski definition) is 8. The number of esters is 2. The van der Waals surface area contributed by atoms with Gasteiger partial charge in [0, 0.05) is 33.8 Å². The molecular formula is C24H20Cl2F3N3O3S2. The number of nitrogens with zero attached hydrogens (tertiary/aromatic N) is 2. The van der Waals surface area contributed by atoms with Gasteiger partial charge in [0.1, 0.15) is 5.82 Å². The van der Waals surface area contributed by atoms with Crippen LogP contribution in [0.2, 0.25) is 10.0 Å². The Bertz CT molecular complexity index is 1270. The van der Waals surface area contributed by atoms with E-state index < -0.39 is 23.5 Å². The average molecular weight is 590 g/mol. The first kappa shape index (κ1) is 27.7. The number of halogens is 5. The van der Waals surface area contributed by atoms with Gasteiger partial charge in [-0.1, -0.05) is 35.3 Å². The fourth-order valence-electron chi connectivity index (χ4n) is 4.11. The quantitative estimate of drug-likeness (QED) is 0.226. The van der Waals surface area contributed by atoms with Gasteiger partial charge < -0.3 is 10.1 Å². The third-order valence-electron chi connectivity index (χ3n) is 5.94. The molecule has 6 nitrogen and oxygen atoms in total. The molecule has 1 N–H and O–H groups in total. The van der Waals surface area contributed by atoms with E-state index in [2.05, 4.69) is 20.0 Å². The van der Waals surface area contributed by atoms with Crippen LogP contribution in [0, 0.1) is 5.41 Å². The van der Waals surface area contributed by atoms with E-state index in [1.54, 1.807) is 41.9 Å². The highest BCUT2D eigenvalue weighted by atomic mass is 35.5. The molecule has 4 rings (SSSR count). The van der Waals surface area contributed by atoms with Gasteiger partial charge >= 0.3 is 18.1 Å². The third kappa shape index (κ3) is 6.95. The Morgan fingerprint density at radius 1 is 1.16 bits per heavy atom. The number of carbonyl (C=O) groups excluding carboxylic acids is 2. The largest absolute Gasteiger partial charge is 0.491 e. The SMILES string of the molecule is O=C(OC(=O)C1(Cc2cccc(Nc3nccs3)n2)CCC(Sc2cccc(Cl)c2Cl)CC1)C(F)(F)F. The Balaban J connectivity index is 1.53. The molecule has 1 aliphatic rings. The van der Waals surface area contributed by atoms with Crippen LogP contribution < -0.4 is 5.32 Å². The first-order valence-electron chi connectivity index (χ1n) is 11.1. The van der Waals surface area contributed by atoms with E-state index in [4.69, 9.17) is 23.2 Å². The van der Waals surface area contributed by atoms with Crippen LogP contribution in [0.1, 0.15) is 31.4 Å². The molecule has 1 saturated carbocycles. The summed E-state index contributed by atoms with van der Waals surface area (Å²) in [6.45, 7) is 0. The number of rotatable bonds is 7. The first-order chi connectivity index (χ1) is 17.6. The van der Waals surface area contributed by atoms with Crippen molar-refractivity contribution in [1.82, 2.24) is 9.97 Å². The molecular weight excluding hydrogens is 570 g/mol. The maximum absolute atomic E-state index is 13.0. The Morgan fingerprint density at radius 3 is 2.57 bits per heavy atom. The zero-order chi connectivity index (χ0) is 26.6. The van der Waals surface area contributed by atoms with Gasteiger partial charge in [0.2, 0.25) is 0 Å². The zero-order valence-electron chi connectivity index (χ0n) is 19.1. The number of pyridine rings is 1. The first-order valence-corrected chi connectivity index (χ1v) is 13.6. The number of carbonyl (C=O) groups is 2. The van der Waals surface area contributed by atoms with E-state index in [1.807, 2.05) is 6.07 Å². The Kier molecular flexibility index (Phi) is 8.67. The van der Waals surface area contributed by atoms with Crippen molar-refractivity contribution >= 4 is 69.2 Å². The molecule has 2 aromatic heterocycles. The van der Waals surface area contributed by atoms with Crippen molar-refractivity contribution in [1.29, 1.82) is 0 Å². The number of hydrogen-bond donors (Lipinski definition) is 1. The number of ether oxygens (including phenoxy) is 1. The Labute approximate surface area is 228 Å². The standard InChI is InChI=1S/C24H20Cl2F3N3O3S2/c25-16-4-2-5-17(19(16)26)37-15-7-9-23(10-8-15,20(33)35-21(34)24(27,28)29)13-14-3-1-6-18(31-14)32-22-30-11-12-36-22/h1-6,11-12,15H,7-10,13H2,(H,30,31,32). The van der Waals surface area contributed by atoms with E-state index >= 15 is 0 Å². The van der Waals surface area contributed by atoms with E-state index in [1.165, 1.54) is 23.1 Å². The topological polar surface area (TPSA) is 81.2 Å². The maximum atomic E-state index is 13.0. The molecule has 0 amide bonds. The summed E-state index contributed by atoms with van der Waals surface area (Å²) < 4.78 is 42.9. The molecule has 1 fully saturated rings. The summed E-state index contributed by atoms with van der Waals surface area (Å²) in [5.74, 6) is -3.24. The maximum Gasteiger partial charge on any atom is 0.491 e. The van der Waals surface area contributed by atoms with Gasteiger partial charge in [0.25, 0.3) is 0 Å². The van der Waals surface area contributed by atoms with E-state index in [-0.39, 0.29) is 24.5 Å². The van der Waals surface area contributed by atoms with E-state index in [9.17, 15) is 22.8 Å². The van der Waals surface area contributed by atoms with Gasteiger partial charge in [-0.3, -0.25) is 4.79 Å². The molecule has 37 heavy (non-hydrogen) atoms. The lowest BCUT2D eigenvalue weighted by Gasteiger charge is -2.37. The number of nitrogens with one attached hydrogen (secondary N) is 1. The zero-order valence-corrected chi connectivity index (χ0v) is 22.2. The fraction of sp³-hybridized carbons (Fsp3) is 0.333. The fourth-order valence-corrected chi connectivity index (χ4v) is 6.34. The average Bonchev–Trinajstić information content (AvgIpc) is 3.36. The summed E-state index contributed by atoms with van der Waals surface area (Å²) in [4.78, 5) is 34.0. The lowest BCUT2D eigenvalue weighted by molar-refractivity contribution is -0.205. The lowest BCUT2D eigenvalue weighted by atomic mass is 9.71. The highest BCUT2D eigenvalue weighted by molar-refractivity contribution is 8.00. The van der Waals surface area contributed by atoms with Crippen molar-refractivity contribution < 1.29 is 27.5 Å². The van der Waals surface area contributed by atoms with Crippen molar-refractivity contribution in [3.63, 3.8) is 0 Å². The van der Waals surface area contributed by atoms with Gasteiger partial charge in [-0.2, -0.15) is 13.2 Å². The van der Waals surface area contributed by atoms with Crippen LogP contribution in [0.4, 0.5) is 24.1 Å². The molecule has 196 valence electrons. The molecule has 0 spiro atoms. The number of anilines is 2. The van der Waals surface area contributed by atoms with Crippen LogP contribution in [0.15, 0.2) is 52.9 Å². The second-order valence-electron chi connectivity index (χ2n) is 8.48. The van der Waals surface area contributed by atoms with Crippen LogP contribution in [0.3, 0.4) is 0 Å². The summed E-state index contributed by atoms with van der Waals surface area (Å²) >= 11 is 15.3. The molecule has 3 aromatic rings. The van der Waals surface area contributed by atoms with E-state index in [0.29, 0.717) is 39.5 Å². The molecule has 1 aliphatic carbocycles. The summed E-state index contributed by atoms with van der Waals surface area (Å²) in [5, 5.41) is 6.35. The Hall–Kier alpha value is -2.34. The molecule has 0 radical (unpaired) electrons. The van der Waals surface area contributed by atoms with Gasteiger partial charge in [-0.15, -0.1) is 23.1 Å². The minimum atomic E-state index is -5.27. The number of alkyl halides is 3. The number of thioether (sulfide) groups is 1. The summed E-state index contributed by atoms with van der Waals surface area (Å²) in [5.41, 5.74) is -0.870. The molecule has 0 aliphatic heterocycles. The molecule has 1 aromatic carbocycles. The van der Waals surface area contributed by atoms with Crippen molar-refractivity contribution in [2.24, 2.45) is 5.41 Å². The molecule has 2 heterocycles. The highest BCUT2D eigenvalue weighted by Gasteiger charge is 2.49. The number of thiazole rings is 1. The van der Waals surface area contributed by atoms with Crippen LogP contribution in [-0.4, -0.2) is 33.3 Å². The molecule has 0 bridgehead atoms. The van der Waals surface area contributed by atoms with Crippen LogP contribution in [0.25, 0.3) is 0 Å². The summed E-state index contributed by atoms with van der Waals surface area (Å²) in [7, 11) is 0. The van der Waals surface area contributed by atoms with Crippen LogP contribution in [0.5, 0.6) is 0 Å². The van der Waals surface area contributed by atoms with Gasteiger partial charge in [0.15, 0.2) is 5.13 Å².